The number of aromatic nitrogens is 2. The molecule has 2 aliphatic rings. The van der Waals surface area contributed by atoms with E-state index < -0.39 is 0 Å². The highest BCUT2D eigenvalue weighted by atomic mass is 16.5. The van der Waals surface area contributed by atoms with Crippen molar-refractivity contribution in [1.82, 2.24) is 14.9 Å². The molecule has 1 saturated heterocycles. The molecule has 3 aromatic rings. The minimum Gasteiger partial charge on any atom is -0.385 e. The first-order chi connectivity index (χ1) is 16.3. The maximum absolute atomic E-state index is 5.43. The molecule has 1 aromatic heterocycles. The topological polar surface area (TPSA) is 77.6 Å². The predicted octanol–water partition coefficient (Wildman–Crippen LogP) is 3.59. The molecular weight excluding hydrogens is 414 g/mol. The molecular formula is C25H33N7O. The molecule has 0 bridgehead atoms. The molecule has 0 atom stereocenters. The summed E-state index contributed by atoms with van der Waals surface area (Å²) in [5, 5.41) is 11.7. The van der Waals surface area contributed by atoms with Crippen LogP contribution in [-0.4, -0.2) is 67.5 Å². The average molecular weight is 448 g/mol. The molecule has 3 heterocycles. The fourth-order valence-corrected chi connectivity index (χ4v) is 4.56. The van der Waals surface area contributed by atoms with Crippen LogP contribution in [-0.2, 0) is 11.3 Å². The van der Waals surface area contributed by atoms with E-state index in [9.17, 15) is 0 Å². The summed E-state index contributed by atoms with van der Waals surface area (Å²) in [6.07, 6.45) is 2.76. The summed E-state index contributed by atoms with van der Waals surface area (Å²) in [6, 6.07) is 12.8. The molecule has 174 valence electrons. The average Bonchev–Trinajstić information content (AvgIpc) is 3.27. The molecule has 1 fully saturated rings. The summed E-state index contributed by atoms with van der Waals surface area (Å²) >= 11 is 0. The Kier molecular flexibility index (Phi) is 6.73. The molecule has 0 amide bonds. The lowest BCUT2D eigenvalue weighted by Gasteiger charge is -2.26. The Morgan fingerprint density at radius 3 is 2.85 bits per heavy atom. The maximum atomic E-state index is 5.43. The second kappa shape index (κ2) is 10.2. The zero-order valence-corrected chi connectivity index (χ0v) is 19.3. The number of para-hydroxylation sites is 1. The number of benzene rings is 2. The first-order valence-electron chi connectivity index (χ1n) is 11.9. The SMILES string of the molecule is CCN1CNc2cc3c(NCc4ccccc4NCCCN4CCOCC4)ncnc3cc21. The standard InChI is InChI=1S/C25H33N7O/c1-2-32-18-30-23-14-20-22(15-24(23)32)28-17-29-25(20)27-16-19-6-3-4-7-21(19)26-8-5-9-31-10-12-33-13-11-31/h3-4,6-7,14-15,17,26,30H,2,5,8-13,16,18H2,1H3,(H,27,28,29). The number of hydrogen-bond donors (Lipinski definition) is 3. The van der Waals surface area contributed by atoms with Crippen molar-refractivity contribution >= 4 is 33.8 Å². The van der Waals surface area contributed by atoms with Crippen LogP contribution in [0.15, 0.2) is 42.7 Å². The van der Waals surface area contributed by atoms with Crippen molar-refractivity contribution in [3.63, 3.8) is 0 Å². The Hall–Kier alpha value is -3.10. The van der Waals surface area contributed by atoms with Crippen LogP contribution in [0.3, 0.4) is 0 Å². The van der Waals surface area contributed by atoms with Crippen LogP contribution in [0, 0.1) is 0 Å². The number of fused-ring (bicyclic) bond motifs is 2. The number of nitrogens with zero attached hydrogens (tertiary/aromatic N) is 4. The molecule has 3 N–H and O–H groups in total. The van der Waals surface area contributed by atoms with E-state index >= 15 is 0 Å². The Bertz CT molecular complexity index is 1080. The van der Waals surface area contributed by atoms with Gasteiger partial charge in [-0.15, -0.1) is 0 Å². The van der Waals surface area contributed by atoms with Gasteiger partial charge in [-0.3, -0.25) is 4.90 Å². The molecule has 8 nitrogen and oxygen atoms in total. The second-order valence-electron chi connectivity index (χ2n) is 8.54. The number of morpholine rings is 1. The summed E-state index contributed by atoms with van der Waals surface area (Å²) in [4.78, 5) is 13.8. The molecule has 0 aliphatic carbocycles. The molecule has 0 spiro atoms. The lowest BCUT2D eigenvalue weighted by atomic mass is 10.1. The van der Waals surface area contributed by atoms with Gasteiger partial charge in [-0.25, -0.2) is 9.97 Å². The lowest BCUT2D eigenvalue weighted by molar-refractivity contribution is 0.0378. The van der Waals surface area contributed by atoms with E-state index in [1.54, 1.807) is 6.33 Å². The number of nitrogens with one attached hydrogen (secondary N) is 3. The van der Waals surface area contributed by atoms with Gasteiger partial charge in [0, 0.05) is 43.8 Å². The number of rotatable bonds is 9. The van der Waals surface area contributed by atoms with Gasteiger partial charge in [0.2, 0.25) is 0 Å². The van der Waals surface area contributed by atoms with E-state index in [4.69, 9.17) is 4.74 Å². The Balaban J connectivity index is 1.23. The second-order valence-corrected chi connectivity index (χ2v) is 8.54. The third-order valence-corrected chi connectivity index (χ3v) is 6.47. The molecule has 33 heavy (non-hydrogen) atoms. The van der Waals surface area contributed by atoms with Crippen molar-refractivity contribution in [1.29, 1.82) is 0 Å². The third-order valence-electron chi connectivity index (χ3n) is 6.47. The van der Waals surface area contributed by atoms with Crippen LogP contribution in [0.4, 0.5) is 22.9 Å². The van der Waals surface area contributed by atoms with E-state index in [2.05, 4.69) is 79.0 Å². The zero-order valence-electron chi connectivity index (χ0n) is 19.3. The van der Waals surface area contributed by atoms with Gasteiger partial charge in [-0.2, -0.15) is 0 Å². The van der Waals surface area contributed by atoms with Crippen LogP contribution < -0.4 is 20.9 Å². The van der Waals surface area contributed by atoms with Gasteiger partial charge in [0.25, 0.3) is 0 Å². The number of anilines is 4. The molecule has 0 radical (unpaired) electrons. The molecule has 8 heteroatoms. The van der Waals surface area contributed by atoms with Gasteiger partial charge >= 0.3 is 0 Å². The van der Waals surface area contributed by atoms with Crippen molar-refractivity contribution in [3.05, 3.63) is 48.3 Å². The van der Waals surface area contributed by atoms with Crippen molar-refractivity contribution in [3.8, 4) is 0 Å². The Morgan fingerprint density at radius 2 is 1.97 bits per heavy atom. The normalized spacial score (nSPS) is 16.0. The summed E-state index contributed by atoms with van der Waals surface area (Å²) in [5.41, 5.74) is 5.72. The van der Waals surface area contributed by atoms with E-state index in [1.165, 1.54) is 16.9 Å². The van der Waals surface area contributed by atoms with Gasteiger partial charge in [0.1, 0.15) is 12.1 Å². The minimum atomic E-state index is 0.699. The largest absolute Gasteiger partial charge is 0.385 e. The maximum Gasteiger partial charge on any atom is 0.137 e. The highest BCUT2D eigenvalue weighted by Gasteiger charge is 2.19. The molecule has 0 unspecified atom stereocenters. The zero-order chi connectivity index (χ0) is 22.5. The lowest BCUT2D eigenvalue weighted by Crippen LogP contribution is -2.37. The molecule has 2 aliphatic heterocycles. The number of hydrogen-bond acceptors (Lipinski definition) is 8. The summed E-state index contributed by atoms with van der Waals surface area (Å²) in [6.45, 7) is 10.5. The van der Waals surface area contributed by atoms with E-state index in [0.717, 1.165) is 81.4 Å². The highest BCUT2D eigenvalue weighted by Crippen LogP contribution is 2.36. The van der Waals surface area contributed by atoms with Crippen LogP contribution in [0.2, 0.25) is 0 Å². The van der Waals surface area contributed by atoms with Gasteiger partial charge in [0.15, 0.2) is 0 Å². The van der Waals surface area contributed by atoms with Gasteiger partial charge in [0.05, 0.1) is 36.8 Å². The third kappa shape index (κ3) is 4.96. The van der Waals surface area contributed by atoms with Gasteiger partial charge in [-0.1, -0.05) is 18.2 Å². The van der Waals surface area contributed by atoms with Crippen molar-refractivity contribution in [2.24, 2.45) is 0 Å². The first-order valence-corrected chi connectivity index (χ1v) is 11.9. The van der Waals surface area contributed by atoms with E-state index in [0.29, 0.717) is 6.54 Å². The molecule has 5 rings (SSSR count). The highest BCUT2D eigenvalue weighted by molar-refractivity contribution is 5.97. The van der Waals surface area contributed by atoms with Crippen LogP contribution in [0.25, 0.3) is 10.9 Å². The van der Waals surface area contributed by atoms with E-state index in [1.807, 2.05) is 0 Å². The Labute approximate surface area is 195 Å². The van der Waals surface area contributed by atoms with Gasteiger partial charge in [-0.05, 0) is 43.7 Å². The smallest absolute Gasteiger partial charge is 0.137 e. The fraction of sp³-hybridized carbons (Fsp3) is 0.440. The predicted molar refractivity (Wildman–Crippen MR) is 135 cm³/mol. The summed E-state index contributed by atoms with van der Waals surface area (Å²) in [5.74, 6) is 0.863. The molecule has 0 saturated carbocycles. The summed E-state index contributed by atoms with van der Waals surface area (Å²) < 4.78 is 5.43. The van der Waals surface area contributed by atoms with Crippen molar-refractivity contribution < 1.29 is 4.74 Å². The van der Waals surface area contributed by atoms with E-state index in [-0.39, 0.29) is 0 Å². The summed E-state index contributed by atoms with van der Waals surface area (Å²) in [7, 11) is 0. The van der Waals surface area contributed by atoms with Crippen molar-refractivity contribution in [2.75, 3.05) is 73.5 Å². The van der Waals surface area contributed by atoms with Gasteiger partial charge < -0.3 is 25.6 Å². The van der Waals surface area contributed by atoms with Crippen LogP contribution in [0.5, 0.6) is 0 Å². The Morgan fingerprint density at radius 1 is 1.09 bits per heavy atom. The minimum absolute atomic E-state index is 0.699. The van der Waals surface area contributed by atoms with Crippen molar-refractivity contribution in [2.45, 2.75) is 19.9 Å². The quantitative estimate of drug-likeness (QED) is 0.430. The van der Waals surface area contributed by atoms with Crippen LogP contribution >= 0.6 is 0 Å². The fourth-order valence-electron chi connectivity index (χ4n) is 4.56. The van der Waals surface area contributed by atoms with Crippen LogP contribution in [0.1, 0.15) is 18.9 Å². The monoisotopic (exact) mass is 447 g/mol. The number of ether oxygens (including phenoxy) is 1. The first kappa shape index (κ1) is 21.7. The molecule has 2 aromatic carbocycles.